The summed E-state index contributed by atoms with van der Waals surface area (Å²) in [6, 6.07) is 77.4. The highest BCUT2D eigenvalue weighted by atomic mass is 32.1. The molecule has 0 saturated heterocycles. The van der Waals surface area contributed by atoms with Crippen molar-refractivity contribution >= 4 is 53.3 Å². The van der Waals surface area contributed by atoms with Crippen molar-refractivity contribution in [2.45, 2.75) is 0 Å². The lowest BCUT2D eigenvalue weighted by Gasteiger charge is -2.15. The minimum atomic E-state index is 0.630. The predicted molar refractivity (Wildman–Crippen MR) is 260 cm³/mol. The first kappa shape index (κ1) is 35.9. The summed E-state index contributed by atoms with van der Waals surface area (Å²) in [7, 11) is 0. The van der Waals surface area contributed by atoms with Gasteiger partial charge < -0.3 is 4.57 Å². The second-order valence-electron chi connectivity index (χ2n) is 15.5. The van der Waals surface area contributed by atoms with Crippen molar-refractivity contribution in [3.63, 3.8) is 0 Å². The molecule has 3 aromatic heterocycles. The van der Waals surface area contributed by atoms with E-state index in [1.807, 2.05) is 23.5 Å². The van der Waals surface area contributed by atoms with Crippen molar-refractivity contribution in [1.29, 1.82) is 0 Å². The van der Waals surface area contributed by atoms with Gasteiger partial charge in [-0.2, -0.15) is 0 Å². The molecule has 3 heterocycles. The van der Waals surface area contributed by atoms with Gasteiger partial charge in [0.25, 0.3) is 0 Å². The normalized spacial score (nSPS) is 11.5. The first-order valence-electron chi connectivity index (χ1n) is 20.9. The van der Waals surface area contributed by atoms with Crippen molar-refractivity contribution in [2.75, 3.05) is 0 Å². The third-order valence-electron chi connectivity index (χ3n) is 11.9. The van der Waals surface area contributed by atoms with Crippen LogP contribution in [0.3, 0.4) is 0 Å². The molecule has 0 amide bonds. The maximum atomic E-state index is 5.31. The maximum absolute atomic E-state index is 5.31. The Hall–Kier alpha value is -7.99. The van der Waals surface area contributed by atoms with E-state index in [2.05, 4.69) is 211 Å². The average molecular weight is 809 g/mol. The zero-order valence-electron chi connectivity index (χ0n) is 33.5. The molecule has 4 nitrogen and oxygen atoms in total. The molecule has 12 rings (SSSR count). The molecule has 5 heteroatoms. The van der Waals surface area contributed by atoms with E-state index < -0.39 is 0 Å². The Bertz CT molecular complexity index is 3450. The van der Waals surface area contributed by atoms with Crippen LogP contribution in [-0.2, 0) is 0 Å². The molecule has 0 radical (unpaired) electrons. The Kier molecular flexibility index (Phi) is 8.65. The van der Waals surface area contributed by atoms with Gasteiger partial charge in [-0.3, -0.25) is 0 Å². The number of thiophene rings is 1. The van der Waals surface area contributed by atoms with E-state index >= 15 is 0 Å². The van der Waals surface area contributed by atoms with Gasteiger partial charge in [0.15, 0.2) is 17.5 Å². The summed E-state index contributed by atoms with van der Waals surface area (Å²) >= 11 is 1.81. The minimum absolute atomic E-state index is 0.630. The molecular weight excluding hydrogens is 773 g/mol. The molecule has 0 aliphatic rings. The van der Waals surface area contributed by atoms with Crippen LogP contribution in [0.1, 0.15) is 0 Å². The quantitative estimate of drug-likeness (QED) is 0.161. The standard InChI is InChI=1S/C57H36N4S/c1-3-15-37(16-4-1)39-29-33-41(34-30-39)55-58-56(42-35-31-40(32-36-42)38-17-5-2-6-18-38)60-57(59-55)47-23-14-28-52-54(47)53-46(22-13-27-51(53)62-52)45-21-9-12-26-50(45)61-48-24-10-7-19-43(48)44-20-8-11-25-49(44)61/h1-36H. The highest BCUT2D eigenvalue weighted by Crippen LogP contribution is 2.46. The highest BCUT2D eigenvalue weighted by molar-refractivity contribution is 7.26. The topological polar surface area (TPSA) is 43.6 Å². The van der Waals surface area contributed by atoms with E-state index in [1.54, 1.807) is 0 Å². The predicted octanol–water partition coefficient (Wildman–Crippen LogP) is 15.3. The molecule has 0 bridgehead atoms. The number of hydrogen-bond acceptors (Lipinski definition) is 4. The van der Waals surface area contributed by atoms with Crippen LogP contribution in [0.2, 0.25) is 0 Å². The Morgan fingerprint density at radius 1 is 0.290 bits per heavy atom. The number of benzene rings is 9. The smallest absolute Gasteiger partial charge is 0.164 e. The first-order valence-corrected chi connectivity index (χ1v) is 21.7. The van der Waals surface area contributed by atoms with E-state index in [0.717, 1.165) is 44.5 Å². The highest BCUT2D eigenvalue weighted by Gasteiger charge is 2.22. The van der Waals surface area contributed by atoms with Crippen LogP contribution < -0.4 is 0 Å². The molecule has 0 N–H and O–H groups in total. The molecule has 0 unspecified atom stereocenters. The second-order valence-corrected chi connectivity index (χ2v) is 16.6. The fourth-order valence-electron chi connectivity index (χ4n) is 9.00. The first-order chi connectivity index (χ1) is 30.7. The third kappa shape index (κ3) is 6.09. The largest absolute Gasteiger partial charge is 0.309 e. The molecule has 0 aliphatic carbocycles. The average Bonchev–Trinajstić information content (AvgIpc) is 3.91. The fourth-order valence-corrected chi connectivity index (χ4v) is 10.2. The summed E-state index contributed by atoms with van der Waals surface area (Å²) < 4.78 is 4.82. The zero-order valence-corrected chi connectivity index (χ0v) is 34.3. The lowest BCUT2D eigenvalue weighted by molar-refractivity contribution is 1.08. The van der Waals surface area contributed by atoms with Gasteiger partial charge >= 0.3 is 0 Å². The summed E-state index contributed by atoms with van der Waals surface area (Å²) in [4.78, 5) is 15.8. The number of para-hydroxylation sites is 3. The van der Waals surface area contributed by atoms with Crippen LogP contribution in [0.5, 0.6) is 0 Å². The molecule has 0 saturated carbocycles. The van der Waals surface area contributed by atoms with Gasteiger partial charge in [0.1, 0.15) is 0 Å². The molecular formula is C57H36N4S. The van der Waals surface area contributed by atoms with Crippen molar-refractivity contribution < 1.29 is 0 Å². The Morgan fingerprint density at radius 3 is 1.26 bits per heavy atom. The molecule has 9 aromatic carbocycles. The molecule has 0 atom stereocenters. The molecule has 0 spiro atoms. The van der Waals surface area contributed by atoms with Crippen molar-refractivity contribution in [3.8, 4) is 73.2 Å². The van der Waals surface area contributed by atoms with Gasteiger partial charge in [-0.05, 0) is 58.1 Å². The lowest BCUT2D eigenvalue weighted by atomic mass is 9.95. The number of fused-ring (bicyclic) bond motifs is 6. The summed E-state index contributed by atoms with van der Waals surface area (Å²) in [6.07, 6.45) is 0. The molecule has 0 fully saturated rings. The monoisotopic (exact) mass is 808 g/mol. The number of hydrogen-bond donors (Lipinski definition) is 0. The van der Waals surface area contributed by atoms with Crippen LogP contribution >= 0.6 is 11.3 Å². The van der Waals surface area contributed by atoms with Gasteiger partial charge in [0.05, 0.1) is 16.7 Å². The number of nitrogens with zero attached hydrogens (tertiary/aromatic N) is 4. The molecule has 290 valence electrons. The SMILES string of the molecule is c1ccc(-c2ccc(-c3nc(-c4ccc(-c5ccccc5)cc4)nc(-c4cccc5sc6cccc(-c7ccccc7-n7c8ccccc8c8ccccc87)c6c45)n3)cc2)cc1. The molecule has 0 aliphatic heterocycles. The molecule has 62 heavy (non-hydrogen) atoms. The van der Waals surface area contributed by atoms with Crippen LogP contribution in [0, 0.1) is 0 Å². The lowest BCUT2D eigenvalue weighted by Crippen LogP contribution is -2.00. The van der Waals surface area contributed by atoms with E-state index in [0.29, 0.717) is 17.5 Å². The summed E-state index contributed by atoms with van der Waals surface area (Å²) in [5, 5.41) is 4.82. The van der Waals surface area contributed by atoms with Crippen molar-refractivity contribution in [3.05, 3.63) is 218 Å². The fraction of sp³-hybridized carbons (Fsp3) is 0. The van der Waals surface area contributed by atoms with E-state index in [4.69, 9.17) is 15.0 Å². The Morgan fingerprint density at radius 2 is 0.694 bits per heavy atom. The van der Waals surface area contributed by atoms with Crippen LogP contribution in [0.15, 0.2) is 218 Å². The Labute approximate surface area is 362 Å². The van der Waals surface area contributed by atoms with Gasteiger partial charge in [-0.15, -0.1) is 11.3 Å². The van der Waals surface area contributed by atoms with Gasteiger partial charge in [0, 0.05) is 53.2 Å². The summed E-state index contributed by atoms with van der Waals surface area (Å²) in [5.41, 5.74) is 13.3. The maximum Gasteiger partial charge on any atom is 0.164 e. The third-order valence-corrected chi connectivity index (χ3v) is 13.0. The van der Waals surface area contributed by atoms with Crippen LogP contribution in [0.4, 0.5) is 0 Å². The minimum Gasteiger partial charge on any atom is -0.309 e. The number of rotatable bonds is 7. The van der Waals surface area contributed by atoms with Gasteiger partial charge in [-0.25, -0.2) is 15.0 Å². The van der Waals surface area contributed by atoms with Crippen molar-refractivity contribution in [2.24, 2.45) is 0 Å². The summed E-state index contributed by atoms with van der Waals surface area (Å²) in [6.45, 7) is 0. The number of aromatic nitrogens is 4. The van der Waals surface area contributed by atoms with Gasteiger partial charge in [-0.1, -0.05) is 188 Å². The van der Waals surface area contributed by atoms with E-state index in [-0.39, 0.29) is 0 Å². The van der Waals surface area contributed by atoms with E-state index in [9.17, 15) is 0 Å². The van der Waals surface area contributed by atoms with E-state index in [1.165, 1.54) is 53.3 Å². The van der Waals surface area contributed by atoms with Crippen molar-refractivity contribution in [1.82, 2.24) is 19.5 Å². The van der Waals surface area contributed by atoms with Crippen LogP contribution in [0.25, 0.3) is 115 Å². The Balaban J connectivity index is 1.06. The van der Waals surface area contributed by atoms with Crippen LogP contribution in [-0.4, -0.2) is 19.5 Å². The summed E-state index contributed by atoms with van der Waals surface area (Å²) in [5.74, 6) is 1.90. The molecule has 12 aromatic rings. The van der Waals surface area contributed by atoms with Gasteiger partial charge in [0.2, 0.25) is 0 Å². The zero-order chi connectivity index (χ0) is 41.0. The second kappa shape index (κ2) is 14.9.